The van der Waals surface area contributed by atoms with E-state index in [1.165, 1.54) is 11.1 Å². The predicted molar refractivity (Wildman–Crippen MR) is 86.4 cm³/mol. The number of aryl methyl sites for hydroxylation is 1. The molecule has 1 aromatic carbocycles. The van der Waals surface area contributed by atoms with Gasteiger partial charge in [-0.3, -0.25) is 4.79 Å². The van der Waals surface area contributed by atoms with Crippen molar-refractivity contribution in [3.8, 4) is 0 Å². The Hall–Kier alpha value is -2.29. The number of rotatable bonds is 4. The van der Waals surface area contributed by atoms with Crippen molar-refractivity contribution in [1.82, 2.24) is 5.32 Å². The fourth-order valence-electron chi connectivity index (χ4n) is 2.23. The number of nitrogens with one attached hydrogen (secondary N) is 1. The van der Waals surface area contributed by atoms with Crippen LogP contribution >= 0.6 is 0 Å². The molecule has 0 heterocycles. The van der Waals surface area contributed by atoms with Gasteiger partial charge in [-0.25, -0.2) is 0 Å². The third-order valence-electron chi connectivity index (χ3n) is 3.63. The normalized spacial score (nSPS) is 14.7. The molecule has 0 fully saturated rings. The molecule has 0 aliphatic heterocycles. The topological polar surface area (TPSA) is 55.1 Å². The standard InChI is InChI=1S/C18H22N2O/c1-3-14-5-4-6-16(17(19)11-14)18(21)20-12-15-9-7-13(2)8-10-15/h4-10H,3,11-12,19H2,1-2H3,(H,20,21). The monoisotopic (exact) mass is 282 g/mol. The largest absolute Gasteiger partial charge is 0.401 e. The molecule has 0 unspecified atom stereocenters. The van der Waals surface area contributed by atoms with Gasteiger partial charge in [-0.2, -0.15) is 0 Å². The Morgan fingerprint density at radius 1 is 1.29 bits per heavy atom. The summed E-state index contributed by atoms with van der Waals surface area (Å²) in [5, 5.41) is 2.93. The summed E-state index contributed by atoms with van der Waals surface area (Å²) in [6.07, 6.45) is 7.34. The first-order valence-electron chi connectivity index (χ1n) is 7.28. The smallest absolute Gasteiger partial charge is 0.253 e. The van der Waals surface area contributed by atoms with Crippen molar-refractivity contribution in [3.05, 3.63) is 70.5 Å². The third-order valence-corrected chi connectivity index (χ3v) is 3.63. The number of benzene rings is 1. The van der Waals surface area contributed by atoms with E-state index in [-0.39, 0.29) is 5.91 Å². The van der Waals surface area contributed by atoms with Crippen LogP contribution in [0.5, 0.6) is 0 Å². The van der Waals surface area contributed by atoms with E-state index in [9.17, 15) is 4.79 Å². The molecule has 110 valence electrons. The minimum Gasteiger partial charge on any atom is -0.401 e. The van der Waals surface area contributed by atoms with Crippen LogP contribution in [-0.4, -0.2) is 5.91 Å². The molecule has 0 spiro atoms. The highest BCUT2D eigenvalue weighted by Crippen LogP contribution is 2.18. The van der Waals surface area contributed by atoms with Gasteiger partial charge in [0.15, 0.2) is 0 Å². The summed E-state index contributed by atoms with van der Waals surface area (Å²) >= 11 is 0. The van der Waals surface area contributed by atoms with Gasteiger partial charge >= 0.3 is 0 Å². The number of carbonyl (C=O) groups excluding carboxylic acids is 1. The van der Waals surface area contributed by atoms with Crippen molar-refractivity contribution in [2.24, 2.45) is 5.73 Å². The second kappa shape index (κ2) is 6.93. The maximum absolute atomic E-state index is 12.3. The Bertz CT molecular complexity index is 607. The fraction of sp³-hybridized carbons (Fsp3) is 0.278. The van der Waals surface area contributed by atoms with E-state index in [2.05, 4.69) is 12.2 Å². The van der Waals surface area contributed by atoms with E-state index in [0.717, 1.165) is 12.0 Å². The number of amides is 1. The van der Waals surface area contributed by atoms with Crippen molar-refractivity contribution in [1.29, 1.82) is 0 Å². The molecule has 0 radical (unpaired) electrons. The molecule has 0 saturated carbocycles. The second-order valence-electron chi connectivity index (χ2n) is 5.32. The van der Waals surface area contributed by atoms with E-state index >= 15 is 0 Å². The number of hydrogen-bond donors (Lipinski definition) is 2. The van der Waals surface area contributed by atoms with Gasteiger partial charge in [0.05, 0.1) is 5.57 Å². The van der Waals surface area contributed by atoms with Crippen molar-refractivity contribution in [2.75, 3.05) is 0 Å². The van der Waals surface area contributed by atoms with Crippen LogP contribution in [0.4, 0.5) is 0 Å². The maximum Gasteiger partial charge on any atom is 0.253 e. The van der Waals surface area contributed by atoms with Crippen molar-refractivity contribution < 1.29 is 4.79 Å². The number of hydrogen-bond acceptors (Lipinski definition) is 2. The lowest BCUT2D eigenvalue weighted by molar-refractivity contribution is -0.117. The van der Waals surface area contributed by atoms with Gasteiger partial charge in [0.2, 0.25) is 0 Å². The third kappa shape index (κ3) is 4.09. The Balaban J connectivity index is 2.01. The second-order valence-corrected chi connectivity index (χ2v) is 5.32. The molecule has 0 aromatic heterocycles. The molecule has 3 N–H and O–H groups in total. The molecule has 0 atom stereocenters. The number of nitrogens with two attached hydrogens (primary N) is 1. The van der Waals surface area contributed by atoms with Crippen LogP contribution in [0.3, 0.4) is 0 Å². The van der Waals surface area contributed by atoms with Crippen molar-refractivity contribution in [3.63, 3.8) is 0 Å². The van der Waals surface area contributed by atoms with Crippen LogP contribution in [0.2, 0.25) is 0 Å². The van der Waals surface area contributed by atoms with Crippen LogP contribution in [0.15, 0.2) is 59.3 Å². The maximum atomic E-state index is 12.3. The summed E-state index contributed by atoms with van der Waals surface area (Å²) in [7, 11) is 0. The Kier molecular flexibility index (Phi) is 4.99. The van der Waals surface area contributed by atoms with E-state index in [1.54, 1.807) is 6.08 Å². The average Bonchev–Trinajstić information content (AvgIpc) is 2.67. The molecule has 0 saturated heterocycles. The van der Waals surface area contributed by atoms with Gasteiger partial charge < -0.3 is 11.1 Å². The van der Waals surface area contributed by atoms with Crippen molar-refractivity contribution >= 4 is 5.91 Å². The first-order chi connectivity index (χ1) is 10.1. The van der Waals surface area contributed by atoms with Crippen LogP contribution in [-0.2, 0) is 11.3 Å². The molecule has 1 aliphatic carbocycles. The van der Waals surface area contributed by atoms with Crippen molar-refractivity contribution in [2.45, 2.75) is 33.2 Å². The first kappa shape index (κ1) is 15.1. The molecular weight excluding hydrogens is 260 g/mol. The molecule has 1 amide bonds. The SMILES string of the molecule is CCC1=CC=CC(C(=O)NCc2ccc(C)cc2)=C(N)C1. The molecule has 0 bridgehead atoms. The summed E-state index contributed by atoms with van der Waals surface area (Å²) in [4.78, 5) is 12.3. The van der Waals surface area contributed by atoms with Crippen LogP contribution in [0.25, 0.3) is 0 Å². The Labute approximate surface area is 126 Å². The van der Waals surface area contributed by atoms with Gasteiger partial charge in [0, 0.05) is 18.7 Å². The fourth-order valence-corrected chi connectivity index (χ4v) is 2.23. The zero-order valence-electron chi connectivity index (χ0n) is 12.6. The molecule has 1 aliphatic rings. The minimum atomic E-state index is -0.116. The molecule has 3 heteroatoms. The first-order valence-corrected chi connectivity index (χ1v) is 7.28. The quantitative estimate of drug-likeness (QED) is 0.891. The van der Waals surface area contributed by atoms with Crippen LogP contribution in [0, 0.1) is 6.92 Å². The summed E-state index contributed by atoms with van der Waals surface area (Å²) in [6, 6.07) is 8.12. The summed E-state index contributed by atoms with van der Waals surface area (Å²) < 4.78 is 0. The van der Waals surface area contributed by atoms with E-state index < -0.39 is 0 Å². The molecular formula is C18H22N2O. The predicted octanol–water partition coefficient (Wildman–Crippen LogP) is 3.12. The van der Waals surface area contributed by atoms with E-state index in [1.807, 2.05) is 43.3 Å². The minimum absolute atomic E-state index is 0.116. The lowest BCUT2D eigenvalue weighted by Gasteiger charge is -2.09. The molecule has 2 rings (SSSR count). The van der Waals surface area contributed by atoms with E-state index in [0.29, 0.717) is 24.2 Å². The molecule has 3 nitrogen and oxygen atoms in total. The highest BCUT2D eigenvalue weighted by atomic mass is 16.1. The zero-order valence-corrected chi connectivity index (χ0v) is 12.6. The van der Waals surface area contributed by atoms with Gasteiger partial charge in [-0.15, -0.1) is 0 Å². The van der Waals surface area contributed by atoms with Gasteiger partial charge in [-0.1, -0.05) is 54.5 Å². The van der Waals surface area contributed by atoms with Gasteiger partial charge in [0.1, 0.15) is 0 Å². The summed E-state index contributed by atoms with van der Waals surface area (Å²) in [5.41, 5.74) is 10.8. The molecule has 1 aromatic rings. The van der Waals surface area contributed by atoms with Crippen LogP contribution < -0.4 is 11.1 Å². The lowest BCUT2D eigenvalue weighted by Crippen LogP contribution is -2.26. The number of allylic oxidation sites excluding steroid dienone is 3. The highest BCUT2D eigenvalue weighted by molar-refractivity contribution is 5.97. The van der Waals surface area contributed by atoms with Gasteiger partial charge in [-0.05, 0) is 25.0 Å². The number of carbonyl (C=O) groups is 1. The van der Waals surface area contributed by atoms with Crippen LogP contribution in [0.1, 0.15) is 30.9 Å². The van der Waals surface area contributed by atoms with E-state index in [4.69, 9.17) is 5.73 Å². The Morgan fingerprint density at radius 2 is 2.00 bits per heavy atom. The zero-order chi connectivity index (χ0) is 15.2. The summed E-state index contributed by atoms with van der Waals surface area (Å²) in [5.74, 6) is -0.116. The Morgan fingerprint density at radius 3 is 2.67 bits per heavy atom. The summed E-state index contributed by atoms with van der Waals surface area (Å²) in [6.45, 7) is 4.65. The molecule has 21 heavy (non-hydrogen) atoms. The average molecular weight is 282 g/mol. The highest BCUT2D eigenvalue weighted by Gasteiger charge is 2.13. The van der Waals surface area contributed by atoms with Gasteiger partial charge in [0.25, 0.3) is 5.91 Å². The lowest BCUT2D eigenvalue weighted by atomic mass is 10.1.